The third kappa shape index (κ3) is 3.85. The maximum absolute atomic E-state index is 5.83. The summed E-state index contributed by atoms with van der Waals surface area (Å²) in [5.41, 5.74) is 2.91. The highest BCUT2D eigenvalue weighted by atomic mass is 16.5. The van der Waals surface area contributed by atoms with E-state index in [-0.39, 0.29) is 0 Å². The summed E-state index contributed by atoms with van der Waals surface area (Å²) >= 11 is 0. The van der Waals surface area contributed by atoms with Crippen LogP contribution in [0, 0.1) is 0 Å². The average molecular weight is 288 g/mol. The lowest BCUT2D eigenvalue weighted by Gasteiger charge is -2.14. The molecule has 1 aromatic carbocycles. The number of nitrogens with zero attached hydrogens (tertiary/aromatic N) is 1. The minimum atomic E-state index is 0.499. The van der Waals surface area contributed by atoms with Gasteiger partial charge in [-0.1, -0.05) is 26.0 Å². The van der Waals surface area contributed by atoms with E-state index < -0.39 is 0 Å². The van der Waals surface area contributed by atoms with Crippen molar-refractivity contribution in [3.63, 3.8) is 0 Å². The summed E-state index contributed by atoms with van der Waals surface area (Å²) in [5, 5.41) is 4.56. The summed E-state index contributed by atoms with van der Waals surface area (Å²) in [4.78, 5) is 4.70. The summed E-state index contributed by atoms with van der Waals surface area (Å²) in [6.07, 6.45) is 2.06. The van der Waals surface area contributed by atoms with Crippen LogP contribution in [0.2, 0.25) is 0 Å². The number of hydrogen-bond donors (Lipinski definition) is 1. The normalized spacial score (nSPS) is 10.8. The first-order valence-electron chi connectivity index (χ1n) is 7.58. The van der Waals surface area contributed by atoms with Crippen LogP contribution in [0.15, 0.2) is 24.3 Å². The van der Waals surface area contributed by atoms with Crippen LogP contribution in [0.1, 0.15) is 32.4 Å². The maximum atomic E-state index is 5.83. The molecule has 0 bridgehead atoms. The van der Waals surface area contributed by atoms with Gasteiger partial charge in [-0.25, -0.2) is 4.98 Å². The van der Waals surface area contributed by atoms with Gasteiger partial charge < -0.3 is 14.8 Å². The second-order valence-corrected chi connectivity index (χ2v) is 5.02. The molecule has 0 saturated heterocycles. The monoisotopic (exact) mass is 288 g/mol. The lowest BCUT2D eigenvalue weighted by Crippen LogP contribution is -2.04. The number of rotatable bonds is 8. The Balaban J connectivity index is 2.48. The molecule has 2 rings (SSSR count). The van der Waals surface area contributed by atoms with E-state index >= 15 is 0 Å². The van der Waals surface area contributed by atoms with Gasteiger partial charge in [-0.15, -0.1) is 0 Å². The summed E-state index contributed by atoms with van der Waals surface area (Å²) in [6.45, 7) is 6.39. The summed E-state index contributed by atoms with van der Waals surface area (Å²) in [5.74, 6) is 0.840. The molecule has 1 N–H and O–H groups in total. The molecule has 2 aromatic rings. The Bertz CT molecular complexity index is 584. The van der Waals surface area contributed by atoms with E-state index in [1.807, 2.05) is 12.1 Å². The fourth-order valence-electron chi connectivity index (χ4n) is 2.23. The van der Waals surface area contributed by atoms with E-state index in [1.165, 1.54) is 0 Å². The first-order chi connectivity index (χ1) is 10.3. The molecule has 0 aliphatic carbocycles. The Morgan fingerprint density at radius 2 is 2.05 bits per heavy atom. The minimum absolute atomic E-state index is 0.499. The van der Waals surface area contributed by atoms with Gasteiger partial charge in [0.2, 0.25) is 0 Å². The molecule has 0 atom stereocenters. The molecular weight excluding hydrogens is 264 g/mol. The first-order valence-corrected chi connectivity index (χ1v) is 7.58. The predicted molar refractivity (Wildman–Crippen MR) is 87.0 cm³/mol. The van der Waals surface area contributed by atoms with Crippen LogP contribution in [0.5, 0.6) is 5.75 Å². The fraction of sp³-hybridized carbons (Fsp3) is 0.471. The number of para-hydroxylation sites is 1. The summed E-state index contributed by atoms with van der Waals surface area (Å²) in [6, 6.07) is 8.13. The van der Waals surface area contributed by atoms with Gasteiger partial charge in [-0.3, -0.25) is 0 Å². The molecule has 0 unspecified atom stereocenters. The Kier molecular flexibility index (Phi) is 5.81. The Labute approximate surface area is 126 Å². The van der Waals surface area contributed by atoms with Crippen molar-refractivity contribution in [2.75, 3.05) is 25.6 Å². The number of aromatic nitrogens is 1. The van der Waals surface area contributed by atoms with Crippen molar-refractivity contribution < 1.29 is 9.47 Å². The smallest absolute Gasteiger partial charge is 0.145 e. The van der Waals surface area contributed by atoms with E-state index in [1.54, 1.807) is 7.11 Å². The number of ether oxygens (including phenoxy) is 2. The number of nitrogens with one attached hydrogen (secondary N) is 1. The van der Waals surface area contributed by atoms with Crippen molar-refractivity contribution in [1.82, 2.24) is 4.98 Å². The zero-order valence-electron chi connectivity index (χ0n) is 13.1. The van der Waals surface area contributed by atoms with Gasteiger partial charge in [-0.05, 0) is 25.0 Å². The van der Waals surface area contributed by atoms with E-state index in [9.17, 15) is 0 Å². The van der Waals surface area contributed by atoms with Gasteiger partial charge in [0, 0.05) is 24.7 Å². The lowest BCUT2D eigenvalue weighted by molar-refractivity contribution is 0.182. The quantitative estimate of drug-likeness (QED) is 0.797. The Morgan fingerprint density at radius 1 is 1.19 bits per heavy atom. The second-order valence-electron chi connectivity index (χ2n) is 5.02. The van der Waals surface area contributed by atoms with Gasteiger partial charge in [0.1, 0.15) is 11.3 Å². The number of pyridine rings is 1. The van der Waals surface area contributed by atoms with Crippen molar-refractivity contribution in [1.29, 1.82) is 0 Å². The molecule has 4 nitrogen and oxygen atoms in total. The van der Waals surface area contributed by atoms with Gasteiger partial charge >= 0.3 is 0 Å². The van der Waals surface area contributed by atoms with Crippen LogP contribution in [0.25, 0.3) is 10.9 Å². The summed E-state index contributed by atoms with van der Waals surface area (Å²) in [7, 11) is 1.69. The van der Waals surface area contributed by atoms with Gasteiger partial charge in [-0.2, -0.15) is 0 Å². The second kappa shape index (κ2) is 7.84. The standard InChI is InChI=1S/C17H24N2O2/c1-4-9-18-15-11-13(12-20-3)19-17-14(15)7-6-8-16(17)21-10-5-2/h6-8,11H,4-5,9-10,12H2,1-3H3,(H,18,19). The third-order valence-corrected chi connectivity index (χ3v) is 3.17. The van der Waals surface area contributed by atoms with Gasteiger partial charge in [0.05, 0.1) is 18.9 Å². The number of benzene rings is 1. The molecule has 0 radical (unpaired) electrons. The van der Waals surface area contributed by atoms with Crippen LogP contribution in [-0.4, -0.2) is 25.2 Å². The largest absolute Gasteiger partial charge is 0.491 e. The van der Waals surface area contributed by atoms with E-state index in [4.69, 9.17) is 14.5 Å². The number of methoxy groups -OCH3 is 1. The van der Waals surface area contributed by atoms with Crippen molar-refractivity contribution >= 4 is 16.6 Å². The Hall–Kier alpha value is -1.81. The van der Waals surface area contributed by atoms with E-state index in [2.05, 4.69) is 31.3 Å². The minimum Gasteiger partial charge on any atom is -0.491 e. The van der Waals surface area contributed by atoms with Crippen LogP contribution < -0.4 is 10.1 Å². The molecule has 0 aliphatic rings. The van der Waals surface area contributed by atoms with Crippen LogP contribution in [0.3, 0.4) is 0 Å². The van der Waals surface area contributed by atoms with Crippen molar-refractivity contribution in [3.05, 3.63) is 30.0 Å². The molecule has 1 heterocycles. The van der Waals surface area contributed by atoms with Crippen LogP contribution >= 0.6 is 0 Å². The average Bonchev–Trinajstić information content (AvgIpc) is 2.51. The van der Waals surface area contributed by atoms with Crippen LogP contribution in [0.4, 0.5) is 5.69 Å². The Morgan fingerprint density at radius 3 is 2.76 bits per heavy atom. The molecule has 0 spiro atoms. The fourth-order valence-corrected chi connectivity index (χ4v) is 2.23. The number of fused-ring (bicyclic) bond motifs is 1. The van der Waals surface area contributed by atoms with Gasteiger partial charge in [0.25, 0.3) is 0 Å². The molecule has 1 aromatic heterocycles. The first kappa shape index (κ1) is 15.6. The molecular formula is C17H24N2O2. The zero-order chi connectivity index (χ0) is 15.1. The van der Waals surface area contributed by atoms with Crippen molar-refractivity contribution in [2.24, 2.45) is 0 Å². The predicted octanol–water partition coefficient (Wildman–Crippen LogP) is 3.99. The topological polar surface area (TPSA) is 43.4 Å². The highest BCUT2D eigenvalue weighted by Crippen LogP contribution is 2.30. The summed E-state index contributed by atoms with van der Waals surface area (Å²) < 4.78 is 11.1. The van der Waals surface area contributed by atoms with E-state index in [0.29, 0.717) is 13.2 Å². The molecule has 4 heteroatoms. The highest BCUT2D eigenvalue weighted by molar-refractivity contribution is 5.95. The van der Waals surface area contributed by atoms with Crippen LogP contribution in [-0.2, 0) is 11.3 Å². The molecule has 21 heavy (non-hydrogen) atoms. The van der Waals surface area contributed by atoms with Gasteiger partial charge in [0.15, 0.2) is 0 Å². The third-order valence-electron chi connectivity index (χ3n) is 3.17. The van der Waals surface area contributed by atoms with Crippen molar-refractivity contribution in [2.45, 2.75) is 33.3 Å². The molecule has 0 aliphatic heterocycles. The molecule has 114 valence electrons. The number of anilines is 1. The zero-order valence-corrected chi connectivity index (χ0v) is 13.1. The molecule has 0 amide bonds. The SMILES string of the molecule is CCCNc1cc(COC)nc2c(OCCC)cccc12. The number of hydrogen-bond acceptors (Lipinski definition) is 4. The lowest BCUT2D eigenvalue weighted by atomic mass is 10.1. The highest BCUT2D eigenvalue weighted by Gasteiger charge is 2.10. The molecule has 0 fully saturated rings. The van der Waals surface area contributed by atoms with Crippen molar-refractivity contribution in [3.8, 4) is 5.75 Å². The van der Waals surface area contributed by atoms with E-state index in [0.717, 1.165) is 47.4 Å². The maximum Gasteiger partial charge on any atom is 0.145 e. The molecule has 0 saturated carbocycles.